The lowest BCUT2D eigenvalue weighted by Gasteiger charge is -2.20. The van der Waals surface area contributed by atoms with Crippen molar-refractivity contribution in [2.75, 3.05) is 13.1 Å². The molecule has 1 unspecified atom stereocenters. The van der Waals surface area contributed by atoms with Gasteiger partial charge in [0.05, 0.1) is 17.9 Å². The number of aromatic nitrogens is 3. The van der Waals surface area contributed by atoms with Gasteiger partial charge >= 0.3 is 0 Å². The number of hydrogen-bond donors (Lipinski definition) is 0. The van der Waals surface area contributed by atoms with Crippen LogP contribution in [-0.4, -0.2) is 38.5 Å². The van der Waals surface area contributed by atoms with Gasteiger partial charge in [0.15, 0.2) is 11.6 Å². The molecule has 1 aliphatic heterocycles. The number of hydrogen-bond acceptors (Lipinski definition) is 4. The van der Waals surface area contributed by atoms with Gasteiger partial charge in [0, 0.05) is 22.7 Å². The summed E-state index contributed by atoms with van der Waals surface area (Å²) in [6.07, 6.45) is 2.62. The van der Waals surface area contributed by atoms with Crippen molar-refractivity contribution in [1.29, 1.82) is 0 Å². The van der Waals surface area contributed by atoms with Gasteiger partial charge in [0.25, 0.3) is 0 Å². The van der Waals surface area contributed by atoms with E-state index in [-0.39, 0.29) is 11.9 Å². The first-order chi connectivity index (χ1) is 15.0. The quantitative estimate of drug-likeness (QED) is 0.467. The fourth-order valence-electron chi connectivity index (χ4n) is 3.91. The van der Waals surface area contributed by atoms with Crippen molar-refractivity contribution in [3.8, 4) is 5.69 Å². The Kier molecular flexibility index (Phi) is 6.30. The Hall–Kier alpha value is -2.83. The summed E-state index contributed by atoms with van der Waals surface area (Å²) in [5.41, 5.74) is 3.15. The van der Waals surface area contributed by atoms with Gasteiger partial charge in [-0.25, -0.2) is 4.39 Å². The Bertz CT molecular complexity index is 1140. The lowest BCUT2D eigenvalue weighted by Crippen LogP contribution is -2.25. The third-order valence-electron chi connectivity index (χ3n) is 5.48. The number of nitrogens with zero attached hydrogens (tertiary/aromatic N) is 5. The van der Waals surface area contributed by atoms with Crippen LogP contribution < -0.4 is 0 Å². The summed E-state index contributed by atoms with van der Waals surface area (Å²) >= 11 is 6.38. The fourth-order valence-corrected chi connectivity index (χ4v) is 4.09. The molecule has 0 saturated heterocycles. The maximum absolute atomic E-state index is 14.1. The van der Waals surface area contributed by atoms with Crippen molar-refractivity contribution >= 4 is 17.3 Å². The summed E-state index contributed by atoms with van der Waals surface area (Å²) in [5, 5.41) is 9.64. The van der Waals surface area contributed by atoms with Crippen molar-refractivity contribution in [3.05, 3.63) is 88.7 Å². The lowest BCUT2D eigenvalue weighted by atomic mass is 10.00. The van der Waals surface area contributed by atoms with Crippen LogP contribution in [0, 0.1) is 5.82 Å². The second kappa shape index (κ2) is 9.12. The molecule has 160 valence electrons. The first-order valence-corrected chi connectivity index (χ1v) is 10.8. The Balaban J connectivity index is 1.93. The molecule has 0 aliphatic carbocycles. The molecule has 4 rings (SSSR count). The van der Waals surface area contributed by atoms with Gasteiger partial charge in [0.1, 0.15) is 11.9 Å². The van der Waals surface area contributed by atoms with Gasteiger partial charge in [-0.05, 0) is 43.3 Å². The molecular formula is C24H25ClFN5. The van der Waals surface area contributed by atoms with E-state index in [1.54, 1.807) is 6.07 Å². The number of fused-ring (bicyclic) bond motifs is 3. The Labute approximate surface area is 186 Å². The predicted octanol–water partition coefficient (Wildman–Crippen LogP) is 5.37. The minimum atomic E-state index is -0.302. The summed E-state index contributed by atoms with van der Waals surface area (Å²) in [4.78, 5) is 7.25. The molecule has 0 bridgehead atoms. The Morgan fingerprint density at radius 3 is 2.74 bits per heavy atom. The minimum absolute atomic E-state index is 0.208. The van der Waals surface area contributed by atoms with E-state index in [1.807, 2.05) is 30.3 Å². The second-order valence-electron chi connectivity index (χ2n) is 7.50. The zero-order valence-electron chi connectivity index (χ0n) is 17.7. The molecule has 1 atom stereocenters. The molecule has 2 heterocycles. The SMILES string of the molecule is C=CCN(CC)Cc1nnc2n1-c1ccc(Cl)cc1C(c1cccc(F)c1)=NC2CC. The number of likely N-dealkylation sites (N-methyl/N-ethyl adjacent to an activating group) is 1. The van der Waals surface area contributed by atoms with E-state index in [2.05, 4.69) is 40.1 Å². The lowest BCUT2D eigenvalue weighted by molar-refractivity contribution is 0.301. The van der Waals surface area contributed by atoms with E-state index in [4.69, 9.17) is 16.6 Å². The van der Waals surface area contributed by atoms with Crippen LogP contribution in [-0.2, 0) is 6.54 Å². The highest BCUT2D eigenvalue weighted by Crippen LogP contribution is 2.34. The van der Waals surface area contributed by atoms with Gasteiger partial charge in [-0.1, -0.05) is 43.7 Å². The van der Waals surface area contributed by atoms with Crippen molar-refractivity contribution in [1.82, 2.24) is 19.7 Å². The molecule has 3 aromatic rings. The van der Waals surface area contributed by atoms with Crippen LogP contribution in [0.3, 0.4) is 0 Å². The summed E-state index contributed by atoms with van der Waals surface area (Å²) < 4.78 is 16.1. The zero-order valence-corrected chi connectivity index (χ0v) is 18.5. The smallest absolute Gasteiger partial charge is 0.162 e. The van der Waals surface area contributed by atoms with Gasteiger partial charge < -0.3 is 0 Å². The molecule has 2 aromatic carbocycles. The summed E-state index contributed by atoms with van der Waals surface area (Å²) in [7, 11) is 0. The van der Waals surface area contributed by atoms with Crippen molar-refractivity contribution in [3.63, 3.8) is 0 Å². The maximum Gasteiger partial charge on any atom is 0.162 e. The highest BCUT2D eigenvalue weighted by molar-refractivity contribution is 6.31. The molecule has 5 nitrogen and oxygen atoms in total. The van der Waals surface area contributed by atoms with Crippen LogP contribution in [0.2, 0.25) is 5.02 Å². The molecule has 7 heteroatoms. The standard InChI is InChI=1S/C24H25ClFN5/c1-4-12-30(6-3)15-22-28-29-24-20(5-2)27-23(16-8-7-9-18(26)13-16)19-14-17(25)10-11-21(19)31(22)24/h4,7-11,13-14,20H,1,5-6,12,15H2,2-3H3. The van der Waals surface area contributed by atoms with Crippen LogP contribution in [0.4, 0.5) is 4.39 Å². The average Bonchev–Trinajstić information content (AvgIpc) is 3.11. The van der Waals surface area contributed by atoms with Crippen LogP contribution >= 0.6 is 11.6 Å². The third-order valence-corrected chi connectivity index (χ3v) is 5.71. The van der Waals surface area contributed by atoms with Gasteiger partial charge in [-0.15, -0.1) is 16.8 Å². The molecule has 31 heavy (non-hydrogen) atoms. The van der Waals surface area contributed by atoms with Crippen molar-refractivity contribution < 1.29 is 4.39 Å². The first kappa shape index (κ1) is 21.4. The van der Waals surface area contributed by atoms with Crippen LogP contribution in [0.15, 0.2) is 60.1 Å². The Morgan fingerprint density at radius 1 is 1.19 bits per heavy atom. The van der Waals surface area contributed by atoms with E-state index in [0.29, 0.717) is 22.8 Å². The van der Waals surface area contributed by atoms with Gasteiger partial charge in [-0.2, -0.15) is 0 Å². The van der Waals surface area contributed by atoms with Crippen LogP contribution in [0.1, 0.15) is 49.1 Å². The maximum atomic E-state index is 14.1. The van der Waals surface area contributed by atoms with E-state index in [0.717, 1.165) is 42.4 Å². The van der Waals surface area contributed by atoms with E-state index in [9.17, 15) is 4.39 Å². The summed E-state index contributed by atoms with van der Waals surface area (Å²) in [6.45, 7) is 10.3. The fraction of sp³-hybridized carbons (Fsp3) is 0.292. The number of benzene rings is 2. The number of aliphatic imine (C=N–C) groups is 1. The average molecular weight is 438 g/mol. The molecule has 1 aliphatic rings. The molecule has 0 saturated carbocycles. The monoisotopic (exact) mass is 437 g/mol. The highest BCUT2D eigenvalue weighted by atomic mass is 35.5. The molecule has 0 N–H and O–H groups in total. The molecule has 1 aromatic heterocycles. The van der Waals surface area contributed by atoms with E-state index < -0.39 is 0 Å². The van der Waals surface area contributed by atoms with Gasteiger partial charge in [0.2, 0.25) is 0 Å². The minimum Gasteiger partial charge on any atom is -0.293 e. The van der Waals surface area contributed by atoms with Crippen molar-refractivity contribution in [2.24, 2.45) is 4.99 Å². The van der Waals surface area contributed by atoms with Crippen LogP contribution in [0.25, 0.3) is 5.69 Å². The third kappa shape index (κ3) is 4.18. The molecule has 0 fully saturated rings. The molecular weight excluding hydrogens is 413 g/mol. The van der Waals surface area contributed by atoms with Gasteiger partial charge in [-0.3, -0.25) is 14.5 Å². The number of halogens is 2. The topological polar surface area (TPSA) is 46.3 Å². The van der Waals surface area contributed by atoms with E-state index in [1.165, 1.54) is 12.1 Å². The summed E-state index contributed by atoms with van der Waals surface area (Å²) in [6, 6.07) is 12.0. The normalized spacial score (nSPS) is 15.3. The zero-order chi connectivity index (χ0) is 22.0. The second-order valence-corrected chi connectivity index (χ2v) is 7.94. The summed E-state index contributed by atoms with van der Waals surface area (Å²) in [5.74, 6) is 1.31. The predicted molar refractivity (Wildman–Crippen MR) is 123 cm³/mol. The van der Waals surface area contributed by atoms with E-state index >= 15 is 0 Å². The highest BCUT2D eigenvalue weighted by Gasteiger charge is 2.28. The Morgan fingerprint density at radius 2 is 2.03 bits per heavy atom. The van der Waals surface area contributed by atoms with Crippen molar-refractivity contribution in [2.45, 2.75) is 32.9 Å². The molecule has 0 spiro atoms. The van der Waals surface area contributed by atoms with Crippen LogP contribution in [0.5, 0.6) is 0 Å². The number of rotatable bonds is 7. The first-order valence-electron chi connectivity index (χ1n) is 10.5. The largest absolute Gasteiger partial charge is 0.293 e. The molecule has 0 amide bonds. The molecule has 0 radical (unpaired) electrons.